The molecular formula is C17H21BrN4O2. The maximum Gasteiger partial charge on any atom is 0.243 e. The molecule has 24 heavy (non-hydrogen) atoms. The minimum atomic E-state index is -0.216. The number of aryl methyl sites for hydroxylation is 3. The smallest absolute Gasteiger partial charge is 0.243 e. The van der Waals surface area contributed by atoms with E-state index in [-0.39, 0.29) is 18.4 Å². The summed E-state index contributed by atoms with van der Waals surface area (Å²) in [5.74, 6) is -0.308. The molecule has 7 heteroatoms. The molecule has 0 spiro atoms. The van der Waals surface area contributed by atoms with E-state index in [1.807, 2.05) is 38.2 Å². The molecule has 0 aliphatic rings. The Morgan fingerprint density at radius 1 is 1.33 bits per heavy atom. The van der Waals surface area contributed by atoms with Crippen molar-refractivity contribution in [2.45, 2.75) is 26.8 Å². The van der Waals surface area contributed by atoms with Crippen LogP contribution in [0.2, 0.25) is 0 Å². The van der Waals surface area contributed by atoms with Gasteiger partial charge in [0.25, 0.3) is 0 Å². The van der Waals surface area contributed by atoms with Gasteiger partial charge in [-0.2, -0.15) is 5.10 Å². The molecule has 0 bridgehead atoms. The predicted octanol–water partition coefficient (Wildman–Crippen LogP) is 2.75. The van der Waals surface area contributed by atoms with E-state index >= 15 is 0 Å². The van der Waals surface area contributed by atoms with Gasteiger partial charge in [-0.1, -0.05) is 15.9 Å². The van der Waals surface area contributed by atoms with Crippen LogP contribution >= 0.6 is 15.9 Å². The SMILES string of the molecule is Cc1cnn(CCC(=O)N(C)CC(=O)Nc2ccc(Br)cc2C)c1. The summed E-state index contributed by atoms with van der Waals surface area (Å²) >= 11 is 3.39. The van der Waals surface area contributed by atoms with Crippen molar-refractivity contribution in [3.63, 3.8) is 0 Å². The van der Waals surface area contributed by atoms with Crippen molar-refractivity contribution in [1.82, 2.24) is 14.7 Å². The van der Waals surface area contributed by atoms with Gasteiger partial charge in [0.15, 0.2) is 0 Å². The van der Waals surface area contributed by atoms with Crippen molar-refractivity contribution in [3.8, 4) is 0 Å². The lowest BCUT2D eigenvalue weighted by Crippen LogP contribution is -2.35. The molecule has 2 amide bonds. The van der Waals surface area contributed by atoms with E-state index in [2.05, 4.69) is 26.3 Å². The summed E-state index contributed by atoms with van der Waals surface area (Å²) in [7, 11) is 1.63. The lowest BCUT2D eigenvalue weighted by atomic mass is 10.2. The average Bonchev–Trinajstić information content (AvgIpc) is 2.93. The van der Waals surface area contributed by atoms with Gasteiger partial charge < -0.3 is 10.2 Å². The molecule has 2 aromatic rings. The molecule has 0 saturated carbocycles. The first-order valence-corrected chi connectivity index (χ1v) is 8.43. The summed E-state index contributed by atoms with van der Waals surface area (Å²) in [5.41, 5.74) is 2.76. The standard InChI is InChI=1S/C17H21BrN4O2/c1-12-9-19-22(10-12)7-6-17(24)21(3)11-16(23)20-15-5-4-14(18)8-13(15)2/h4-5,8-10H,6-7,11H2,1-3H3,(H,20,23). The number of carbonyl (C=O) groups is 2. The van der Waals surface area contributed by atoms with Gasteiger partial charge in [-0.25, -0.2) is 0 Å². The van der Waals surface area contributed by atoms with Crippen molar-refractivity contribution >= 4 is 33.4 Å². The normalized spacial score (nSPS) is 10.5. The number of likely N-dealkylation sites (N-methyl/N-ethyl adjacent to an activating group) is 1. The average molecular weight is 393 g/mol. The van der Waals surface area contributed by atoms with Crippen LogP contribution in [0.1, 0.15) is 17.5 Å². The van der Waals surface area contributed by atoms with Crippen LogP contribution in [0.3, 0.4) is 0 Å². The number of hydrogen-bond donors (Lipinski definition) is 1. The molecule has 1 aromatic heterocycles. The Morgan fingerprint density at radius 3 is 2.71 bits per heavy atom. The molecule has 0 aliphatic carbocycles. The second kappa shape index (κ2) is 8.10. The van der Waals surface area contributed by atoms with E-state index in [0.29, 0.717) is 13.0 Å². The van der Waals surface area contributed by atoms with E-state index in [1.54, 1.807) is 17.9 Å². The molecule has 128 valence electrons. The minimum absolute atomic E-state index is 0.0203. The molecule has 2 rings (SSSR count). The number of anilines is 1. The quantitative estimate of drug-likeness (QED) is 0.821. The van der Waals surface area contributed by atoms with Crippen LogP contribution in [0.4, 0.5) is 5.69 Å². The Balaban J connectivity index is 1.82. The number of halogens is 1. The second-order valence-electron chi connectivity index (χ2n) is 5.79. The van der Waals surface area contributed by atoms with Gasteiger partial charge in [0.1, 0.15) is 0 Å². The number of carbonyl (C=O) groups excluding carboxylic acids is 2. The van der Waals surface area contributed by atoms with E-state index in [4.69, 9.17) is 0 Å². The third-order valence-electron chi connectivity index (χ3n) is 3.59. The summed E-state index contributed by atoms with van der Waals surface area (Å²) < 4.78 is 2.69. The molecule has 0 aliphatic heterocycles. The van der Waals surface area contributed by atoms with E-state index in [1.165, 1.54) is 4.90 Å². The minimum Gasteiger partial charge on any atom is -0.336 e. The predicted molar refractivity (Wildman–Crippen MR) is 96.7 cm³/mol. The Kier molecular flexibility index (Phi) is 6.14. The van der Waals surface area contributed by atoms with Gasteiger partial charge in [0.05, 0.1) is 12.7 Å². The number of hydrogen-bond acceptors (Lipinski definition) is 3. The molecular weight excluding hydrogens is 372 g/mol. The molecule has 0 radical (unpaired) electrons. The van der Waals surface area contributed by atoms with Gasteiger partial charge in [-0.3, -0.25) is 14.3 Å². The van der Waals surface area contributed by atoms with Crippen LogP contribution in [0.25, 0.3) is 0 Å². The Morgan fingerprint density at radius 2 is 2.08 bits per heavy atom. The van der Waals surface area contributed by atoms with E-state index in [9.17, 15) is 9.59 Å². The first kappa shape index (κ1) is 18.2. The zero-order valence-electron chi connectivity index (χ0n) is 14.0. The molecule has 1 aromatic carbocycles. The van der Waals surface area contributed by atoms with Crippen LogP contribution < -0.4 is 5.32 Å². The molecule has 0 saturated heterocycles. The Labute approximate surface area is 150 Å². The third-order valence-corrected chi connectivity index (χ3v) is 4.08. The summed E-state index contributed by atoms with van der Waals surface area (Å²) in [4.78, 5) is 25.7. The maximum absolute atomic E-state index is 12.1. The highest BCUT2D eigenvalue weighted by atomic mass is 79.9. The third kappa shape index (κ3) is 5.19. The lowest BCUT2D eigenvalue weighted by molar-refractivity contribution is -0.133. The van der Waals surface area contributed by atoms with Crippen molar-refractivity contribution < 1.29 is 9.59 Å². The fourth-order valence-electron chi connectivity index (χ4n) is 2.25. The fraction of sp³-hybridized carbons (Fsp3) is 0.353. The fourth-order valence-corrected chi connectivity index (χ4v) is 2.73. The van der Waals surface area contributed by atoms with Gasteiger partial charge in [-0.05, 0) is 43.2 Å². The summed E-state index contributed by atoms with van der Waals surface area (Å²) in [6.45, 7) is 4.39. The number of benzene rings is 1. The highest BCUT2D eigenvalue weighted by molar-refractivity contribution is 9.10. The molecule has 0 unspecified atom stereocenters. The van der Waals surface area contributed by atoms with Crippen LogP contribution in [0.5, 0.6) is 0 Å². The number of nitrogens with zero attached hydrogens (tertiary/aromatic N) is 3. The first-order chi connectivity index (χ1) is 11.3. The first-order valence-electron chi connectivity index (χ1n) is 7.64. The Bertz CT molecular complexity index is 742. The number of rotatable bonds is 6. The van der Waals surface area contributed by atoms with Crippen LogP contribution in [0.15, 0.2) is 35.1 Å². The monoisotopic (exact) mass is 392 g/mol. The highest BCUT2D eigenvalue weighted by Gasteiger charge is 2.14. The zero-order valence-corrected chi connectivity index (χ0v) is 15.6. The molecule has 0 fully saturated rings. The molecule has 1 heterocycles. The Hall–Kier alpha value is -2.15. The van der Waals surface area contributed by atoms with Crippen LogP contribution in [0, 0.1) is 13.8 Å². The van der Waals surface area contributed by atoms with Gasteiger partial charge in [0.2, 0.25) is 11.8 Å². The lowest BCUT2D eigenvalue weighted by Gasteiger charge is -2.17. The summed E-state index contributed by atoms with van der Waals surface area (Å²) in [5, 5.41) is 6.97. The second-order valence-corrected chi connectivity index (χ2v) is 6.70. The van der Waals surface area contributed by atoms with Crippen molar-refractivity contribution in [2.75, 3.05) is 18.9 Å². The number of nitrogens with one attached hydrogen (secondary N) is 1. The van der Waals surface area contributed by atoms with Gasteiger partial charge >= 0.3 is 0 Å². The van der Waals surface area contributed by atoms with Gasteiger partial charge in [0, 0.05) is 36.4 Å². The van der Waals surface area contributed by atoms with Gasteiger partial charge in [-0.15, -0.1) is 0 Å². The number of amides is 2. The van der Waals surface area contributed by atoms with Crippen LogP contribution in [-0.4, -0.2) is 40.1 Å². The van der Waals surface area contributed by atoms with E-state index < -0.39 is 0 Å². The van der Waals surface area contributed by atoms with Crippen LogP contribution in [-0.2, 0) is 16.1 Å². The molecule has 0 atom stereocenters. The highest BCUT2D eigenvalue weighted by Crippen LogP contribution is 2.19. The number of aromatic nitrogens is 2. The zero-order chi connectivity index (χ0) is 17.7. The molecule has 6 nitrogen and oxygen atoms in total. The maximum atomic E-state index is 12.1. The summed E-state index contributed by atoms with van der Waals surface area (Å²) in [6.07, 6.45) is 3.95. The van der Waals surface area contributed by atoms with Crippen molar-refractivity contribution in [2.24, 2.45) is 0 Å². The van der Waals surface area contributed by atoms with Crippen molar-refractivity contribution in [1.29, 1.82) is 0 Å². The van der Waals surface area contributed by atoms with Crippen molar-refractivity contribution in [3.05, 3.63) is 46.2 Å². The van der Waals surface area contributed by atoms with E-state index in [0.717, 1.165) is 21.3 Å². The molecule has 1 N–H and O–H groups in total. The summed E-state index contributed by atoms with van der Waals surface area (Å²) in [6, 6.07) is 5.62. The largest absolute Gasteiger partial charge is 0.336 e. The topological polar surface area (TPSA) is 67.2 Å².